The van der Waals surface area contributed by atoms with Gasteiger partial charge in [-0.25, -0.2) is 8.42 Å². The maximum absolute atomic E-state index is 12.6. The van der Waals surface area contributed by atoms with Crippen molar-refractivity contribution in [3.63, 3.8) is 0 Å². The zero-order chi connectivity index (χ0) is 16.3. The molecule has 0 unspecified atom stereocenters. The van der Waals surface area contributed by atoms with Gasteiger partial charge in [-0.15, -0.1) is 0 Å². The van der Waals surface area contributed by atoms with E-state index in [1.165, 1.54) is 23.1 Å². The molecular weight excluding hydrogens is 330 g/mol. The molecule has 1 saturated heterocycles. The second kappa shape index (κ2) is 6.53. The lowest BCUT2D eigenvalue weighted by molar-refractivity contribution is -0.121. The van der Waals surface area contributed by atoms with Gasteiger partial charge in [0.2, 0.25) is 15.9 Å². The first-order valence-corrected chi connectivity index (χ1v) is 8.86. The van der Waals surface area contributed by atoms with Gasteiger partial charge in [-0.2, -0.15) is 0 Å². The largest absolute Gasteiger partial charge is 0.354 e. The maximum Gasteiger partial charge on any atom is 0.256 e. The molecule has 22 heavy (non-hydrogen) atoms. The number of carbonyl (C=O) groups is 2. The fourth-order valence-corrected chi connectivity index (χ4v) is 2.88. The van der Waals surface area contributed by atoms with Crippen LogP contribution in [0.4, 0.5) is 5.69 Å². The lowest BCUT2D eigenvalue weighted by Crippen LogP contribution is -2.37. The van der Waals surface area contributed by atoms with E-state index in [0.717, 1.165) is 6.26 Å². The van der Waals surface area contributed by atoms with Gasteiger partial charge in [-0.1, -0.05) is 11.6 Å². The van der Waals surface area contributed by atoms with Gasteiger partial charge in [0, 0.05) is 18.1 Å². The standard InChI is InChI=1S/C13H16ClN3O4S/c1-22(20,21)16-11-4-3-9(14)7-10(11)13(19)17-6-2-5-15-12(18)8-17/h3-4,7,16H,2,5-6,8H2,1H3,(H,15,18). The number of hydrogen-bond donors (Lipinski definition) is 2. The number of sulfonamides is 1. The Morgan fingerprint density at radius 3 is 2.82 bits per heavy atom. The summed E-state index contributed by atoms with van der Waals surface area (Å²) in [5.41, 5.74) is 0.259. The Labute approximate surface area is 133 Å². The van der Waals surface area contributed by atoms with Gasteiger partial charge in [-0.05, 0) is 24.6 Å². The number of benzene rings is 1. The fourth-order valence-electron chi connectivity index (χ4n) is 2.13. The summed E-state index contributed by atoms with van der Waals surface area (Å²) in [5.74, 6) is -0.684. The van der Waals surface area contributed by atoms with Gasteiger partial charge >= 0.3 is 0 Å². The van der Waals surface area contributed by atoms with Crippen LogP contribution in [-0.4, -0.2) is 51.0 Å². The Morgan fingerprint density at radius 1 is 1.41 bits per heavy atom. The van der Waals surface area contributed by atoms with Crippen molar-refractivity contribution in [1.82, 2.24) is 10.2 Å². The Hall–Kier alpha value is -1.80. The van der Waals surface area contributed by atoms with Crippen molar-refractivity contribution in [3.05, 3.63) is 28.8 Å². The van der Waals surface area contributed by atoms with Crippen molar-refractivity contribution in [3.8, 4) is 0 Å². The lowest BCUT2D eigenvalue weighted by atomic mass is 10.1. The van der Waals surface area contributed by atoms with Gasteiger partial charge < -0.3 is 10.2 Å². The number of halogens is 1. The normalized spacial score (nSPS) is 15.9. The van der Waals surface area contributed by atoms with Gasteiger partial charge in [0.25, 0.3) is 5.91 Å². The van der Waals surface area contributed by atoms with Crippen LogP contribution in [0.15, 0.2) is 18.2 Å². The minimum Gasteiger partial charge on any atom is -0.354 e. The summed E-state index contributed by atoms with van der Waals surface area (Å²) >= 11 is 5.90. The third-order valence-corrected chi connectivity index (χ3v) is 3.88. The van der Waals surface area contributed by atoms with Crippen LogP contribution in [0.2, 0.25) is 5.02 Å². The summed E-state index contributed by atoms with van der Waals surface area (Å²) < 4.78 is 25.1. The first-order chi connectivity index (χ1) is 10.3. The summed E-state index contributed by atoms with van der Waals surface area (Å²) in [5, 5.41) is 2.98. The number of nitrogens with zero attached hydrogens (tertiary/aromatic N) is 1. The van der Waals surface area contributed by atoms with E-state index < -0.39 is 15.9 Å². The van der Waals surface area contributed by atoms with Crippen molar-refractivity contribution >= 4 is 39.1 Å². The topological polar surface area (TPSA) is 95.6 Å². The number of carbonyl (C=O) groups excluding carboxylic acids is 2. The summed E-state index contributed by atoms with van der Waals surface area (Å²) in [6.45, 7) is 0.846. The number of hydrogen-bond acceptors (Lipinski definition) is 4. The van der Waals surface area contributed by atoms with E-state index in [2.05, 4.69) is 10.0 Å². The Bertz CT molecular complexity index is 705. The van der Waals surface area contributed by atoms with Crippen LogP contribution < -0.4 is 10.0 Å². The molecule has 0 atom stereocenters. The highest BCUT2D eigenvalue weighted by Crippen LogP contribution is 2.23. The van der Waals surface area contributed by atoms with Crippen LogP contribution in [0.3, 0.4) is 0 Å². The molecule has 0 aliphatic carbocycles. The predicted octanol–water partition coefficient (Wildman–Crippen LogP) is 0.674. The Kier molecular flexibility index (Phi) is 4.92. The molecule has 0 spiro atoms. The molecule has 1 heterocycles. The van der Waals surface area contributed by atoms with Crippen LogP contribution in [0, 0.1) is 0 Å². The highest BCUT2D eigenvalue weighted by molar-refractivity contribution is 7.92. The smallest absolute Gasteiger partial charge is 0.256 e. The molecule has 0 saturated carbocycles. The zero-order valence-electron chi connectivity index (χ0n) is 11.9. The van der Waals surface area contributed by atoms with Crippen LogP contribution in [0.25, 0.3) is 0 Å². The van der Waals surface area contributed by atoms with E-state index in [1.807, 2.05) is 0 Å². The van der Waals surface area contributed by atoms with Gasteiger partial charge in [0.15, 0.2) is 0 Å². The second-order valence-electron chi connectivity index (χ2n) is 4.99. The molecule has 0 bridgehead atoms. The molecule has 2 rings (SSSR count). The van der Waals surface area contributed by atoms with Crippen LogP contribution >= 0.6 is 11.6 Å². The summed E-state index contributed by atoms with van der Waals surface area (Å²) in [4.78, 5) is 25.6. The highest BCUT2D eigenvalue weighted by Gasteiger charge is 2.24. The van der Waals surface area contributed by atoms with Crippen molar-refractivity contribution in [2.24, 2.45) is 0 Å². The molecule has 2 amide bonds. The molecule has 0 aromatic heterocycles. The molecule has 1 aliphatic heterocycles. The SMILES string of the molecule is CS(=O)(=O)Nc1ccc(Cl)cc1C(=O)N1CCCNC(=O)C1. The average Bonchev–Trinajstić information content (AvgIpc) is 2.63. The molecule has 1 fully saturated rings. The number of rotatable bonds is 3. The van der Waals surface area contributed by atoms with E-state index in [4.69, 9.17) is 11.6 Å². The third-order valence-electron chi connectivity index (χ3n) is 3.06. The first kappa shape index (κ1) is 16.6. The molecule has 1 aliphatic rings. The maximum atomic E-state index is 12.6. The summed E-state index contributed by atoms with van der Waals surface area (Å²) in [6, 6.07) is 4.30. The van der Waals surface area contributed by atoms with Gasteiger partial charge in [-0.3, -0.25) is 14.3 Å². The zero-order valence-corrected chi connectivity index (χ0v) is 13.5. The molecule has 7 nitrogen and oxygen atoms in total. The van der Waals surface area contributed by atoms with Crippen molar-refractivity contribution in [2.75, 3.05) is 30.6 Å². The molecule has 0 radical (unpaired) electrons. The average molecular weight is 346 g/mol. The molecule has 1 aromatic rings. The minimum atomic E-state index is -3.54. The van der Waals surface area contributed by atoms with Crippen molar-refractivity contribution < 1.29 is 18.0 Å². The lowest BCUT2D eigenvalue weighted by Gasteiger charge is -2.21. The van der Waals surface area contributed by atoms with E-state index >= 15 is 0 Å². The molecule has 1 aromatic carbocycles. The highest BCUT2D eigenvalue weighted by atomic mass is 35.5. The number of nitrogens with one attached hydrogen (secondary N) is 2. The van der Waals surface area contributed by atoms with E-state index in [0.29, 0.717) is 24.5 Å². The van der Waals surface area contributed by atoms with E-state index in [-0.39, 0.29) is 23.7 Å². The fraction of sp³-hybridized carbons (Fsp3) is 0.385. The molecule has 2 N–H and O–H groups in total. The molecule has 9 heteroatoms. The summed E-state index contributed by atoms with van der Waals surface area (Å²) in [7, 11) is -3.54. The first-order valence-electron chi connectivity index (χ1n) is 6.59. The molecule has 120 valence electrons. The predicted molar refractivity (Wildman–Crippen MR) is 83.4 cm³/mol. The quantitative estimate of drug-likeness (QED) is 0.841. The third kappa shape index (κ3) is 4.35. The van der Waals surface area contributed by atoms with Crippen molar-refractivity contribution in [2.45, 2.75) is 6.42 Å². The van der Waals surface area contributed by atoms with Crippen LogP contribution in [0.1, 0.15) is 16.8 Å². The molecular formula is C13H16ClN3O4S. The van der Waals surface area contributed by atoms with E-state index in [9.17, 15) is 18.0 Å². The van der Waals surface area contributed by atoms with E-state index in [1.54, 1.807) is 0 Å². The van der Waals surface area contributed by atoms with Crippen molar-refractivity contribution in [1.29, 1.82) is 0 Å². The second-order valence-corrected chi connectivity index (χ2v) is 7.18. The Morgan fingerprint density at radius 2 is 2.14 bits per heavy atom. The van der Waals surface area contributed by atoms with Crippen LogP contribution in [0.5, 0.6) is 0 Å². The van der Waals surface area contributed by atoms with Gasteiger partial charge in [0.05, 0.1) is 24.1 Å². The Balaban J connectivity index is 2.35. The number of anilines is 1. The minimum absolute atomic E-state index is 0.0658. The summed E-state index contributed by atoms with van der Waals surface area (Å²) in [6.07, 6.45) is 1.63. The number of amides is 2. The van der Waals surface area contributed by atoms with Gasteiger partial charge in [0.1, 0.15) is 0 Å². The van der Waals surface area contributed by atoms with Crippen LogP contribution in [-0.2, 0) is 14.8 Å². The monoisotopic (exact) mass is 345 g/mol.